The van der Waals surface area contributed by atoms with E-state index in [1.807, 2.05) is 18.2 Å². The third-order valence-corrected chi connectivity index (χ3v) is 4.22. The molecular formula is C17H14BrFO2. The maximum Gasteiger partial charge on any atom is 0.163 e. The van der Waals surface area contributed by atoms with E-state index in [0.717, 1.165) is 35.3 Å². The second kappa shape index (κ2) is 5.98. The second-order valence-corrected chi connectivity index (χ2v) is 5.99. The molecule has 0 fully saturated rings. The fraction of sp³-hybridized carbons (Fsp3) is 0.235. The van der Waals surface area contributed by atoms with Gasteiger partial charge in [0.1, 0.15) is 18.2 Å². The SMILES string of the molecule is O=C1CCCc2cc(OCc3ccc(F)c(Br)c3)ccc21. The van der Waals surface area contributed by atoms with E-state index in [9.17, 15) is 9.18 Å². The molecule has 0 unspecified atom stereocenters. The summed E-state index contributed by atoms with van der Waals surface area (Å²) in [4.78, 5) is 11.8. The number of carbonyl (C=O) groups is 1. The molecule has 1 aliphatic carbocycles. The van der Waals surface area contributed by atoms with Crippen LogP contribution in [0.3, 0.4) is 0 Å². The molecule has 0 aliphatic heterocycles. The van der Waals surface area contributed by atoms with Crippen LogP contribution in [0.4, 0.5) is 4.39 Å². The molecule has 21 heavy (non-hydrogen) atoms. The number of rotatable bonds is 3. The largest absolute Gasteiger partial charge is 0.489 e. The minimum absolute atomic E-state index is 0.213. The van der Waals surface area contributed by atoms with E-state index in [0.29, 0.717) is 17.5 Å². The molecule has 0 heterocycles. The molecule has 2 aromatic rings. The number of Topliss-reactive ketones (excluding diaryl/α,β-unsaturated/α-hetero) is 1. The van der Waals surface area contributed by atoms with Crippen molar-refractivity contribution < 1.29 is 13.9 Å². The molecule has 1 aliphatic rings. The predicted octanol–water partition coefficient (Wildman–Crippen LogP) is 4.69. The number of fused-ring (bicyclic) bond motifs is 1. The first-order chi connectivity index (χ1) is 10.1. The van der Waals surface area contributed by atoms with Crippen LogP contribution in [0.15, 0.2) is 40.9 Å². The van der Waals surface area contributed by atoms with E-state index in [1.165, 1.54) is 6.07 Å². The Morgan fingerprint density at radius 1 is 1.14 bits per heavy atom. The zero-order valence-electron chi connectivity index (χ0n) is 11.4. The van der Waals surface area contributed by atoms with Gasteiger partial charge in [0.15, 0.2) is 5.78 Å². The van der Waals surface area contributed by atoms with Crippen molar-refractivity contribution in [2.75, 3.05) is 0 Å². The van der Waals surface area contributed by atoms with E-state index in [2.05, 4.69) is 15.9 Å². The molecule has 0 amide bonds. The van der Waals surface area contributed by atoms with Gasteiger partial charge >= 0.3 is 0 Å². The summed E-state index contributed by atoms with van der Waals surface area (Å²) in [7, 11) is 0. The van der Waals surface area contributed by atoms with Crippen molar-refractivity contribution in [3.05, 3.63) is 63.4 Å². The van der Waals surface area contributed by atoms with Gasteiger partial charge in [0.05, 0.1) is 4.47 Å². The molecule has 0 aromatic heterocycles. The highest BCUT2D eigenvalue weighted by atomic mass is 79.9. The smallest absolute Gasteiger partial charge is 0.163 e. The van der Waals surface area contributed by atoms with E-state index in [-0.39, 0.29) is 11.6 Å². The topological polar surface area (TPSA) is 26.3 Å². The summed E-state index contributed by atoms with van der Waals surface area (Å²) in [5, 5.41) is 0. The lowest BCUT2D eigenvalue weighted by Crippen LogP contribution is -2.10. The molecule has 0 N–H and O–H groups in total. The molecule has 2 nitrogen and oxygen atoms in total. The van der Waals surface area contributed by atoms with Crippen LogP contribution >= 0.6 is 15.9 Å². The number of benzene rings is 2. The van der Waals surface area contributed by atoms with Crippen molar-refractivity contribution in [1.29, 1.82) is 0 Å². The van der Waals surface area contributed by atoms with Crippen LogP contribution in [-0.4, -0.2) is 5.78 Å². The van der Waals surface area contributed by atoms with Crippen LogP contribution < -0.4 is 4.74 Å². The molecule has 4 heteroatoms. The normalized spacial score (nSPS) is 13.9. The van der Waals surface area contributed by atoms with Gasteiger partial charge in [0.25, 0.3) is 0 Å². The monoisotopic (exact) mass is 348 g/mol. The first-order valence-electron chi connectivity index (χ1n) is 6.86. The Morgan fingerprint density at radius 2 is 2.00 bits per heavy atom. The van der Waals surface area contributed by atoms with Gasteiger partial charge in [-0.3, -0.25) is 4.79 Å². The molecule has 0 spiro atoms. The Hall–Kier alpha value is -1.68. The molecule has 0 atom stereocenters. The van der Waals surface area contributed by atoms with Crippen LogP contribution in [0.25, 0.3) is 0 Å². The Bertz CT molecular complexity index is 697. The Morgan fingerprint density at radius 3 is 2.81 bits per heavy atom. The number of hydrogen-bond acceptors (Lipinski definition) is 2. The number of aryl methyl sites for hydroxylation is 1. The number of halogens is 2. The second-order valence-electron chi connectivity index (χ2n) is 5.13. The van der Waals surface area contributed by atoms with Crippen molar-refractivity contribution in [3.63, 3.8) is 0 Å². The first kappa shape index (κ1) is 14.3. The van der Waals surface area contributed by atoms with E-state index >= 15 is 0 Å². The standard InChI is InChI=1S/C17H14BrFO2/c18-15-8-11(4-7-16(15)19)10-21-13-5-6-14-12(9-13)2-1-3-17(14)20/h4-9H,1-3,10H2. The molecule has 2 aromatic carbocycles. The van der Waals surface area contributed by atoms with Crippen molar-refractivity contribution in [1.82, 2.24) is 0 Å². The summed E-state index contributed by atoms with van der Waals surface area (Å²) < 4.78 is 19.3. The summed E-state index contributed by atoms with van der Waals surface area (Å²) in [5.74, 6) is 0.667. The summed E-state index contributed by atoms with van der Waals surface area (Å²) in [5.41, 5.74) is 2.76. The van der Waals surface area contributed by atoms with Crippen LogP contribution in [0, 0.1) is 5.82 Å². The first-order valence-corrected chi connectivity index (χ1v) is 7.65. The lowest BCUT2D eigenvalue weighted by Gasteiger charge is -2.16. The van der Waals surface area contributed by atoms with E-state index in [4.69, 9.17) is 4.74 Å². The van der Waals surface area contributed by atoms with Gasteiger partial charge in [-0.25, -0.2) is 4.39 Å². The van der Waals surface area contributed by atoms with Gasteiger partial charge in [0, 0.05) is 12.0 Å². The van der Waals surface area contributed by atoms with E-state index in [1.54, 1.807) is 12.1 Å². The molecule has 108 valence electrons. The quantitative estimate of drug-likeness (QED) is 0.804. The minimum Gasteiger partial charge on any atom is -0.489 e. The summed E-state index contributed by atoms with van der Waals surface area (Å²) >= 11 is 3.16. The van der Waals surface area contributed by atoms with Crippen molar-refractivity contribution in [2.24, 2.45) is 0 Å². The van der Waals surface area contributed by atoms with Gasteiger partial charge < -0.3 is 4.74 Å². The van der Waals surface area contributed by atoms with Crippen molar-refractivity contribution >= 4 is 21.7 Å². The Kier molecular flexibility index (Phi) is 4.06. The number of hydrogen-bond donors (Lipinski definition) is 0. The average Bonchev–Trinajstić information content (AvgIpc) is 2.49. The highest BCUT2D eigenvalue weighted by Crippen LogP contribution is 2.26. The fourth-order valence-corrected chi connectivity index (χ4v) is 2.94. The third kappa shape index (κ3) is 3.16. The maximum atomic E-state index is 13.2. The highest BCUT2D eigenvalue weighted by molar-refractivity contribution is 9.10. The lowest BCUT2D eigenvalue weighted by molar-refractivity contribution is 0.0972. The third-order valence-electron chi connectivity index (χ3n) is 3.62. The van der Waals surface area contributed by atoms with Crippen LogP contribution in [0.5, 0.6) is 5.75 Å². The maximum absolute atomic E-state index is 13.2. The summed E-state index contributed by atoms with van der Waals surface area (Å²) in [6.07, 6.45) is 2.46. The Balaban J connectivity index is 1.73. The van der Waals surface area contributed by atoms with Crippen molar-refractivity contribution in [2.45, 2.75) is 25.9 Å². The molecule has 0 saturated carbocycles. The van der Waals surface area contributed by atoms with Gasteiger partial charge in [-0.2, -0.15) is 0 Å². The fourth-order valence-electron chi connectivity index (χ4n) is 2.51. The minimum atomic E-state index is -0.286. The highest BCUT2D eigenvalue weighted by Gasteiger charge is 2.17. The lowest BCUT2D eigenvalue weighted by atomic mass is 9.90. The van der Waals surface area contributed by atoms with Crippen LogP contribution in [-0.2, 0) is 13.0 Å². The summed E-state index contributed by atoms with van der Waals surface area (Å²) in [6.45, 7) is 0.367. The molecule has 3 rings (SSSR count). The van der Waals surface area contributed by atoms with Crippen LogP contribution in [0.2, 0.25) is 0 Å². The number of carbonyl (C=O) groups excluding carboxylic acids is 1. The predicted molar refractivity (Wildman–Crippen MR) is 82.1 cm³/mol. The average molecular weight is 349 g/mol. The molecular weight excluding hydrogens is 335 g/mol. The van der Waals surface area contributed by atoms with Crippen molar-refractivity contribution in [3.8, 4) is 5.75 Å². The van der Waals surface area contributed by atoms with Gasteiger partial charge in [0.2, 0.25) is 0 Å². The zero-order valence-corrected chi connectivity index (χ0v) is 13.0. The van der Waals surface area contributed by atoms with Gasteiger partial charge in [-0.1, -0.05) is 6.07 Å². The summed E-state index contributed by atoms with van der Waals surface area (Å²) in [6, 6.07) is 10.4. The van der Waals surface area contributed by atoms with Gasteiger partial charge in [-0.05, 0) is 70.2 Å². The molecule has 0 radical (unpaired) electrons. The van der Waals surface area contributed by atoms with E-state index < -0.39 is 0 Å². The number of ketones is 1. The Labute approximate surface area is 131 Å². The number of ether oxygens (including phenoxy) is 1. The molecule has 0 saturated heterocycles. The van der Waals surface area contributed by atoms with Gasteiger partial charge in [-0.15, -0.1) is 0 Å². The molecule has 0 bridgehead atoms. The van der Waals surface area contributed by atoms with Crippen LogP contribution in [0.1, 0.15) is 34.3 Å². The zero-order chi connectivity index (χ0) is 14.8.